The molecule has 0 spiro atoms. The fourth-order valence-corrected chi connectivity index (χ4v) is 3.26. The highest BCUT2D eigenvalue weighted by molar-refractivity contribution is 6.13. The maximum Gasteiger partial charge on any atom is 0.204 e. The van der Waals surface area contributed by atoms with Gasteiger partial charge in [0, 0.05) is 11.1 Å². The Hall–Kier alpha value is -3.86. The lowest BCUT2D eigenvalue weighted by molar-refractivity contribution is 0.103. The first kappa shape index (κ1) is 18.5. The molecule has 0 saturated carbocycles. The van der Waals surface area contributed by atoms with Crippen LogP contribution in [0.25, 0.3) is 22.3 Å². The summed E-state index contributed by atoms with van der Waals surface area (Å²) >= 11 is 0. The van der Waals surface area contributed by atoms with Gasteiger partial charge in [-0.05, 0) is 30.3 Å². The van der Waals surface area contributed by atoms with Gasteiger partial charge in [0.15, 0.2) is 11.5 Å². The van der Waals surface area contributed by atoms with Gasteiger partial charge in [0.05, 0.1) is 19.6 Å². The molecule has 4 rings (SSSR count). The first-order chi connectivity index (χ1) is 14.1. The summed E-state index contributed by atoms with van der Waals surface area (Å²) in [4.78, 5) is 26.5. The van der Waals surface area contributed by atoms with Crippen LogP contribution in [0.4, 0.5) is 0 Å². The van der Waals surface area contributed by atoms with E-state index < -0.39 is 5.78 Å². The summed E-state index contributed by atoms with van der Waals surface area (Å²) in [6.45, 7) is 0. The fourth-order valence-electron chi connectivity index (χ4n) is 3.26. The largest absolute Gasteiger partial charge is 0.493 e. The molecule has 0 fully saturated rings. The third-order valence-electron chi connectivity index (χ3n) is 4.71. The predicted octanol–water partition coefficient (Wildman–Crippen LogP) is 4.71. The molecule has 0 unspecified atom stereocenters. The fraction of sp³-hybridized carbons (Fsp3) is 0.0833. The molecule has 1 heterocycles. The second kappa shape index (κ2) is 7.64. The van der Waals surface area contributed by atoms with Crippen molar-refractivity contribution in [1.82, 2.24) is 0 Å². The number of hydrogen-bond acceptors (Lipinski definition) is 5. The lowest BCUT2D eigenvalue weighted by Gasteiger charge is -2.12. The van der Waals surface area contributed by atoms with E-state index in [-0.39, 0.29) is 16.8 Å². The summed E-state index contributed by atoms with van der Waals surface area (Å²) in [5, 5.41) is 0.357. The van der Waals surface area contributed by atoms with Gasteiger partial charge >= 0.3 is 0 Å². The van der Waals surface area contributed by atoms with Crippen LogP contribution in [0.3, 0.4) is 0 Å². The third kappa shape index (κ3) is 3.27. The van der Waals surface area contributed by atoms with Crippen LogP contribution in [-0.4, -0.2) is 20.0 Å². The molecule has 4 aromatic rings. The molecule has 0 bridgehead atoms. The summed E-state index contributed by atoms with van der Waals surface area (Å²) in [5.41, 5.74) is 0.987. The number of para-hydroxylation sites is 1. The highest BCUT2D eigenvalue weighted by atomic mass is 16.5. The minimum Gasteiger partial charge on any atom is -0.493 e. The van der Waals surface area contributed by atoms with E-state index in [9.17, 15) is 9.59 Å². The number of rotatable bonds is 5. The zero-order valence-electron chi connectivity index (χ0n) is 16.0. The van der Waals surface area contributed by atoms with Crippen molar-refractivity contribution in [2.45, 2.75) is 0 Å². The summed E-state index contributed by atoms with van der Waals surface area (Å²) in [6.07, 6.45) is 0. The smallest absolute Gasteiger partial charge is 0.204 e. The molecule has 0 amide bonds. The Morgan fingerprint density at radius 3 is 2.24 bits per heavy atom. The Labute approximate surface area is 167 Å². The van der Waals surface area contributed by atoms with Gasteiger partial charge in [-0.1, -0.05) is 42.5 Å². The highest BCUT2D eigenvalue weighted by Gasteiger charge is 2.24. The van der Waals surface area contributed by atoms with Crippen molar-refractivity contribution >= 4 is 16.8 Å². The van der Waals surface area contributed by atoms with E-state index in [1.165, 1.54) is 14.2 Å². The Kier molecular flexibility index (Phi) is 4.87. The molecule has 5 nitrogen and oxygen atoms in total. The Morgan fingerprint density at radius 1 is 0.828 bits per heavy atom. The topological polar surface area (TPSA) is 65.7 Å². The van der Waals surface area contributed by atoms with Gasteiger partial charge in [0.2, 0.25) is 11.2 Å². The quantitative estimate of drug-likeness (QED) is 0.465. The monoisotopic (exact) mass is 386 g/mol. The minimum atomic E-state index is -0.394. The first-order valence-electron chi connectivity index (χ1n) is 9.02. The number of benzene rings is 3. The molecular formula is C24H18O5. The van der Waals surface area contributed by atoms with E-state index in [1.54, 1.807) is 66.7 Å². The van der Waals surface area contributed by atoms with Crippen LogP contribution in [0.5, 0.6) is 11.5 Å². The predicted molar refractivity (Wildman–Crippen MR) is 111 cm³/mol. The molecule has 0 aliphatic heterocycles. The van der Waals surface area contributed by atoms with Crippen LogP contribution in [0.2, 0.25) is 0 Å². The van der Waals surface area contributed by atoms with Crippen LogP contribution in [0.15, 0.2) is 82.0 Å². The van der Waals surface area contributed by atoms with Crippen LogP contribution in [-0.2, 0) is 0 Å². The first-order valence-corrected chi connectivity index (χ1v) is 9.02. The van der Waals surface area contributed by atoms with Gasteiger partial charge in [-0.2, -0.15) is 0 Å². The second-order valence-electron chi connectivity index (χ2n) is 6.40. The Morgan fingerprint density at radius 2 is 1.52 bits per heavy atom. The summed E-state index contributed by atoms with van der Waals surface area (Å²) < 4.78 is 16.7. The Bertz CT molecular complexity index is 1260. The van der Waals surface area contributed by atoms with Gasteiger partial charge in [0.25, 0.3) is 0 Å². The molecule has 0 aliphatic rings. The molecule has 5 heteroatoms. The molecule has 3 aromatic carbocycles. The van der Waals surface area contributed by atoms with Gasteiger partial charge in [-0.15, -0.1) is 0 Å². The van der Waals surface area contributed by atoms with Crippen LogP contribution in [0.1, 0.15) is 15.9 Å². The summed E-state index contributed by atoms with van der Waals surface area (Å²) in [7, 11) is 3.06. The SMILES string of the molecule is COc1ccc(-c2oc3ccccc3c(=O)c2C(=O)c2ccccc2)cc1OC. The highest BCUT2D eigenvalue weighted by Crippen LogP contribution is 2.34. The summed E-state index contributed by atoms with van der Waals surface area (Å²) in [5.74, 6) is 0.813. The van der Waals surface area contributed by atoms with Crippen LogP contribution < -0.4 is 14.9 Å². The molecule has 1 aromatic heterocycles. The average molecular weight is 386 g/mol. The molecule has 0 atom stereocenters. The van der Waals surface area contributed by atoms with E-state index in [0.29, 0.717) is 33.6 Å². The molecule has 0 aliphatic carbocycles. The zero-order chi connectivity index (χ0) is 20.4. The maximum absolute atomic E-state index is 13.3. The second-order valence-corrected chi connectivity index (χ2v) is 6.40. The number of methoxy groups -OCH3 is 2. The number of ketones is 1. The number of carbonyl (C=O) groups excluding carboxylic acids is 1. The van der Waals surface area contributed by atoms with Crippen molar-refractivity contribution in [1.29, 1.82) is 0 Å². The molecule has 0 N–H and O–H groups in total. The minimum absolute atomic E-state index is 0.0119. The standard InChI is InChI=1S/C24H18O5/c1-27-19-13-12-16(14-20(19)28-2)24-21(22(25)15-8-4-3-5-9-15)23(26)17-10-6-7-11-18(17)29-24/h3-14H,1-2H3. The van der Waals surface area contributed by atoms with Gasteiger partial charge in [0.1, 0.15) is 16.9 Å². The average Bonchev–Trinajstić information content (AvgIpc) is 2.78. The van der Waals surface area contributed by atoms with E-state index in [2.05, 4.69) is 0 Å². The molecule has 144 valence electrons. The summed E-state index contributed by atoms with van der Waals surface area (Å²) in [6, 6.07) is 20.7. The van der Waals surface area contributed by atoms with Crippen LogP contribution in [0, 0.1) is 0 Å². The van der Waals surface area contributed by atoms with Crippen molar-refractivity contribution < 1.29 is 18.7 Å². The van der Waals surface area contributed by atoms with Crippen molar-refractivity contribution in [3.8, 4) is 22.8 Å². The molecule has 0 saturated heterocycles. The van der Waals surface area contributed by atoms with Crippen LogP contribution >= 0.6 is 0 Å². The molecule has 0 radical (unpaired) electrons. The number of carbonyl (C=O) groups is 1. The zero-order valence-corrected chi connectivity index (χ0v) is 16.0. The molecule has 29 heavy (non-hydrogen) atoms. The Balaban J connectivity index is 2.03. The maximum atomic E-state index is 13.3. The number of fused-ring (bicyclic) bond motifs is 1. The lowest BCUT2D eigenvalue weighted by Crippen LogP contribution is -2.18. The van der Waals surface area contributed by atoms with Gasteiger partial charge in [-0.3, -0.25) is 9.59 Å². The van der Waals surface area contributed by atoms with Crippen molar-refractivity contribution in [2.75, 3.05) is 14.2 Å². The van der Waals surface area contributed by atoms with Crippen molar-refractivity contribution in [3.05, 3.63) is 94.1 Å². The third-order valence-corrected chi connectivity index (χ3v) is 4.71. The van der Waals surface area contributed by atoms with E-state index in [4.69, 9.17) is 13.9 Å². The van der Waals surface area contributed by atoms with E-state index in [1.807, 2.05) is 6.07 Å². The number of ether oxygens (including phenoxy) is 2. The van der Waals surface area contributed by atoms with Crippen molar-refractivity contribution in [2.24, 2.45) is 0 Å². The molecular weight excluding hydrogens is 368 g/mol. The van der Waals surface area contributed by atoms with Gasteiger partial charge < -0.3 is 13.9 Å². The van der Waals surface area contributed by atoms with E-state index in [0.717, 1.165) is 0 Å². The van der Waals surface area contributed by atoms with Gasteiger partial charge in [-0.25, -0.2) is 0 Å². The lowest BCUT2D eigenvalue weighted by atomic mass is 9.97. The van der Waals surface area contributed by atoms with Crippen molar-refractivity contribution in [3.63, 3.8) is 0 Å². The van der Waals surface area contributed by atoms with E-state index >= 15 is 0 Å². The normalized spacial score (nSPS) is 10.7. The number of hydrogen-bond donors (Lipinski definition) is 0.